The van der Waals surface area contributed by atoms with Gasteiger partial charge in [-0.25, -0.2) is 0 Å². The average molecular weight is 419 g/mol. The van der Waals surface area contributed by atoms with Crippen LogP contribution in [-0.4, -0.2) is 60.4 Å². The van der Waals surface area contributed by atoms with Crippen LogP contribution in [0.1, 0.15) is 25.8 Å². The molecule has 0 saturated carbocycles. The third kappa shape index (κ3) is 8.47. The summed E-state index contributed by atoms with van der Waals surface area (Å²) in [6, 6.07) is 9.80. The van der Waals surface area contributed by atoms with Crippen LogP contribution in [0.4, 0.5) is 0 Å². The summed E-state index contributed by atoms with van der Waals surface area (Å²) in [6.45, 7) is 7.96. The first-order valence-corrected chi connectivity index (χ1v) is 9.04. The smallest absolute Gasteiger partial charge is 0.242 e. The maximum absolute atomic E-state index is 12.4. The molecule has 0 aromatic heterocycles. The number of nitrogens with two attached hydrogens (primary N) is 1. The molecule has 1 aromatic rings. The Labute approximate surface area is 174 Å². The molecule has 1 saturated heterocycles. The predicted molar refractivity (Wildman–Crippen MR) is 113 cm³/mol. The summed E-state index contributed by atoms with van der Waals surface area (Å²) in [5, 5.41) is 2.66. The van der Waals surface area contributed by atoms with Gasteiger partial charge in [0.25, 0.3) is 0 Å². The lowest BCUT2D eigenvalue weighted by molar-refractivity contribution is -0.133. The van der Waals surface area contributed by atoms with Crippen molar-refractivity contribution in [1.82, 2.24) is 15.1 Å². The summed E-state index contributed by atoms with van der Waals surface area (Å²) in [4.78, 5) is 28.5. The van der Waals surface area contributed by atoms with Gasteiger partial charge in [-0.05, 0) is 17.9 Å². The lowest BCUT2D eigenvalue weighted by atomic mass is 10.1. The van der Waals surface area contributed by atoms with Crippen LogP contribution in [0.5, 0.6) is 0 Å². The summed E-state index contributed by atoms with van der Waals surface area (Å²) >= 11 is 0. The van der Waals surface area contributed by atoms with Gasteiger partial charge in [0.1, 0.15) is 0 Å². The van der Waals surface area contributed by atoms with Crippen molar-refractivity contribution in [2.45, 2.75) is 32.9 Å². The van der Waals surface area contributed by atoms with E-state index in [1.54, 1.807) is 0 Å². The minimum atomic E-state index is -0.571. The molecule has 1 aromatic carbocycles. The molecule has 27 heavy (non-hydrogen) atoms. The molecule has 0 spiro atoms. The molecule has 1 aliphatic rings. The molecule has 0 radical (unpaired) electrons. The molecular weight excluding hydrogens is 387 g/mol. The lowest BCUT2D eigenvalue weighted by Crippen LogP contribution is -2.48. The Morgan fingerprint density at radius 2 is 1.74 bits per heavy atom. The van der Waals surface area contributed by atoms with E-state index in [1.807, 2.05) is 36.9 Å². The molecule has 8 heteroatoms. The largest absolute Gasteiger partial charge is 0.346 e. The average Bonchev–Trinajstić information content (AvgIpc) is 2.85. The van der Waals surface area contributed by atoms with E-state index in [0.29, 0.717) is 6.54 Å². The van der Waals surface area contributed by atoms with Crippen molar-refractivity contribution in [3.63, 3.8) is 0 Å². The van der Waals surface area contributed by atoms with E-state index in [1.165, 1.54) is 5.56 Å². The molecule has 2 rings (SSSR count). The van der Waals surface area contributed by atoms with E-state index in [0.717, 1.165) is 32.6 Å². The summed E-state index contributed by atoms with van der Waals surface area (Å²) in [6.07, 6.45) is 0.942. The van der Waals surface area contributed by atoms with Gasteiger partial charge in [-0.15, -0.1) is 24.8 Å². The van der Waals surface area contributed by atoms with Gasteiger partial charge in [0, 0.05) is 32.7 Å². The Morgan fingerprint density at radius 1 is 1.07 bits per heavy atom. The van der Waals surface area contributed by atoms with Crippen molar-refractivity contribution in [2.24, 2.45) is 11.7 Å². The first-order chi connectivity index (χ1) is 12.0. The van der Waals surface area contributed by atoms with Gasteiger partial charge in [-0.2, -0.15) is 0 Å². The van der Waals surface area contributed by atoms with Crippen molar-refractivity contribution in [3.8, 4) is 0 Å². The van der Waals surface area contributed by atoms with Crippen molar-refractivity contribution >= 4 is 36.6 Å². The number of amides is 2. The maximum atomic E-state index is 12.4. The minimum Gasteiger partial charge on any atom is -0.346 e. The van der Waals surface area contributed by atoms with Crippen molar-refractivity contribution in [3.05, 3.63) is 35.9 Å². The molecule has 6 nitrogen and oxygen atoms in total. The standard InChI is InChI=1S/C19H30N4O2.2ClH/c1-15(2)18(20)19(25)21-13-17(24)23-10-6-9-22(11-12-23)14-16-7-4-3-5-8-16;;/h3-5,7-8,15,18H,6,9-14,20H2,1-2H3,(H,21,25);2*1H/t18-;;/m0../s1. The first kappa shape index (κ1) is 25.7. The Hall–Kier alpha value is -1.34. The number of nitrogens with one attached hydrogen (secondary N) is 1. The van der Waals surface area contributed by atoms with E-state index in [9.17, 15) is 9.59 Å². The quantitative estimate of drug-likeness (QED) is 0.735. The van der Waals surface area contributed by atoms with E-state index in [-0.39, 0.29) is 49.1 Å². The van der Waals surface area contributed by atoms with Gasteiger partial charge in [0.15, 0.2) is 0 Å². The zero-order valence-electron chi connectivity index (χ0n) is 16.1. The summed E-state index contributed by atoms with van der Waals surface area (Å²) in [5.74, 6) is -0.241. The van der Waals surface area contributed by atoms with Crippen LogP contribution in [-0.2, 0) is 16.1 Å². The number of benzene rings is 1. The van der Waals surface area contributed by atoms with Gasteiger partial charge in [-0.3, -0.25) is 14.5 Å². The number of rotatable bonds is 6. The molecule has 154 valence electrons. The summed E-state index contributed by atoms with van der Waals surface area (Å²) in [5.41, 5.74) is 7.09. The van der Waals surface area contributed by atoms with Crippen molar-refractivity contribution < 1.29 is 9.59 Å². The van der Waals surface area contributed by atoms with Crippen molar-refractivity contribution in [2.75, 3.05) is 32.7 Å². The Morgan fingerprint density at radius 3 is 2.37 bits per heavy atom. The van der Waals surface area contributed by atoms with Gasteiger partial charge < -0.3 is 16.0 Å². The van der Waals surface area contributed by atoms with Crippen LogP contribution in [0.15, 0.2) is 30.3 Å². The number of hydrogen-bond acceptors (Lipinski definition) is 4. The fraction of sp³-hybridized carbons (Fsp3) is 0.579. The fourth-order valence-corrected chi connectivity index (χ4v) is 2.92. The molecule has 1 atom stereocenters. The monoisotopic (exact) mass is 418 g/mol. The Kier molecular flexibility index (Phi) is 12.3. The normalized spacial score (nSPS) is 15.9. The van der Waals surface area contributed by atoms with Crippen LogP contribution in [0.25, 0.3) is 0 Å². The highest BCUT2D eigenvalue weighted by atomic mass is 35.5. The second-order valence-electron chi connectivity index (χ2n) is 6.98. The number of halogens is 2. The van der Waals surface area contributed by atoms with E-state index < -0.39 is 6.04 Å². The van der Waals surface area contributed by atoms with E-state index in [2.05, 4.69) is 22.3 Å². The number of carbonyl (C=O) groups excluding carboxylic acids is 2. The molecule has 1 aliphatic heterocycles. The molecule has 3 N–H and O–H groups in total. The summed E-state index contributed by atoms with van der Waals surface area (Å²) < 4.78 is 0. The molecule has 0 bridgehead atoms. The minimum absolute atomic E-state index is 0. The van der Waals surface area contributed by atoms with Gasteiger partial charge in [0.05, 0.1) is 12.6 Å². The van der Waals surface area contributed by atoms with Gasteiger partial charge in [0.2, 0.25) is 11.8 Å². The van der Waals surface area contributed by atoms with Crippen LogP contribution in [0.2, 0.25) is 0 Å². The van der Waals surface area contributed by atoms with Crippen LogP contribution >= 0.6 is 24.8 Å². The van der Waals surface area contributed by atoms with Crippen molar-refractivity contribution in [1.29, 1.82) is 0 Å². The maximum Gasteiger partial charge on any atom is 0.242 e. The fourth-order valence-electron chi connectivity index (χ4n) is 2.92. The van der Waals surface area contributed by atoms with Crippen LogP contribution in [0.3, 0.4) is 0 Å². The highest BCUT2D eigenvalue weighted by Crippen LogP contribution is 2.09. The van der Waals surface area contributed by atoms with E-state index >= 15 is 0 Å². The molecule has 0 aliphatic carbocycles. The SMILES string of the molecule is CC(C)[C@H](N)C(=O)NCC(=O)N1CCCN(Cc2ccccc2)CC1.Cl.Cl. The Balaban J connectivity index is 0.00000338. The second-order valence-corrected chi connectivity index (χ2v) is 6.98. The second kappa shape index (κ2) is 12.9. The van der Waals surface area contributed by atoms with E-state index in [4.69, 9.17) is 5.73 Å². The number of carbonyl (C=O) groups is 2. The topological polar surface area (TPSA) is 78.7 Å². The predicted octanol–water partition coefficient (Wildman–Crippen LogP) is 1.66. The highest BCUT2D eigenvalue weighted by molar-refractivity contribution is 5.87. The zero-order chi connectivity index (χ0) is 18.2. The van der Waals surface area contributed by atoms with Gasteiger partial charge in [-0.1, -0.05) is 44.2 Å². The van der Waals surface area contributed by atoms with Crippen LogP contribution in [0, 0.1) is 5.92 Å². The third-order valence-electron chi connectivity index (χ3n) is 4.63. The molecule has 0 unspecified atom stereocenters. The third-order valence-corrected chi connectivity index (χ3v) is 4.63. The highest BCUT2D eigenvalue weighted by Gasteiger charge is 2.21. The lowest BCUT2D eigenvalue weighted by Gasteiger charge is -2.23. The zero-order valence-corrected chi connectivity index (χ0v) is 17.7. The Bertz CT molecular complexity index is 572. The molecule has 1 fully saturated rings. The molecule has 1 heterocycles. The number of nitrogens with zero attached hydrogens (tertiary/aromatic N) is 2. The molecule has 2 amide bonds. The van der Waals surface area contributed by atoms with Gasteiger partial charge >= 0.3 is 0 Å². The van der Waals surface area contributed by atoms with Crippen LogP contribution < -0.4 is 11.1 Å². The first-order valence-electron chi connectivity index (χ1n) is 9.04. The number of hydrogen-bond donors (Lipinski definition) is 2. The molecular formula is C19H32Cl2N4O2. The summed E-state index contributed by atoms with van der Waals surface area (Å²) in [7, 11) is 0.